The van der Waals surface area contributed by atoms with Gasteiger partial charge in [0.2, 0.25) is 12.3 Å². The van der Waals surface area contributed by atoms with Gasteiger partial charge in [-0.25, -0.2) is 9.59 Å². The minimum atomic E-state index is -2.48. The van der Waals surface area contributed by atoms with E-state index in [0.29, 0.717) is 0 Å². The number of carbonyl (C=O) groups is 3. The first-order chi connectivity index (χ1) is 40.1. The number of carboxylic acid groups (broad SMARTS) is 2. The summed E-state index contributed by atoms with van der Waals surface area (Å²) < 4.78 is 90.2. The van der Waals surface area contributed by atoms with Crippen molar-refractivity contribution >= 4 is 18.5 Å². The van der Waals surface area contributed by atoms with Crippen molar-refractivity contribution in [1.29, 1.82) is 0 Å². The Hall–Kier alpha value is -1.88. The minimum Gasteiger partial charge on any atom is -0.782 e. The van der Waals surface area contributed by atoms with Gasteiger partial charge in [0.25, 0.3) is 0 Å². The molecular weight excluding hydrogens is 1210 g/mol. The molecule has 0 aromatic rings. The molecule has 0 aliphatic carbocycles. The van der Waals surface area contributed by atoms with Crippen molar-refractivity contribution in [2.24, 2.45) is 0 Å². The summed E-state index contributed by atoms with van der Waals surface area (Å²) in [4.78, 5) is 29.9. The van der Waals surface area contributed by atoms with E-state index in [1.54, 1.807) is 0 Å². The molecule has 0 radical (unpaired) electrons. The van der Waals surface area contributed by atoms with E-state index in [1.165, 1.54) is 48.6 Å². The molecule has 86 heavy (non-hydrogen) atoms. The van der Waals surface area contributed by atoms with Crippen LogP contribution in [0.1, 0.15) is 0 Å². The zero-order chi connectivity index (χ0) is 62.7. The molecule has 8 rings (SSSR count). The maximum atomic E-state index is 12.4. The van der Waals surface area contributed by atoms with Gasteiger partial charge in [-0.2, -0.15) is 0 Å². The smallest absolute Gasteiger partial charge is 0.782 e. The van der Waals surface area contributed by atoms with Crippen molar-refractivity contribution in [2.45, 2.75) is 110 Å². The third-order valence-corrected chi connectivity index (χ3v) is 11.4. The van der Waals surface area contributed by atoms with Crippen molar-refractivity contribution in [3.63, 3.8) is 0 Å². The average molecular weight is 1290 g/mol. The largest absolute Gasteiger partial charge is 1.00 e. The Kier molecular flexibility index (Phi) is 46.1. The van der Waals surface area contributed by atoms with Crippen LogP contribution in [0.4, 0.5) is 14.4 Å². The third kappa shape index (κ3) is 30.5. The molecule has 16 atom stereocenters. The SMILES string of the molecule is C=CCO.C=CCOC(=O)OC1CO[C@@H]2C(O)CO[C@H]12.C=CCOC(=O)OCC=C.C=CCOC([O-])(OCC=C)OC1CO[C@@H]2C(O)CO[C@H]12.C=CCOC([O-])(OCC=C)[OH+]C1CO[C@@H]2C(O)CO[C@H]12.O=C([O-])[O-].OC1CO[C@@H]2C(O)CO[C@H]12.[K+].[K+]. The molecule has 7 N–H and O–H groups in total. The fourth-order valence-electron chi connectivity index (χ4n) is 7.96. The van der Waals surface area contributed by atoms with Gasteiger partial charge < -0.3 is 132 Å². The predicted molar refractivity (Wildman–Crippen MR) is 276 cm³/mol. The Labute approximate surface area is 583 Å². The predicted octanol–water partition coefficient (Wildman–Crippen LogP) is -11.1. The van der Waals surface area contributed by atoms with Gasteiger partial charge in [0.15, 0.2) is 12.2 Å². The summed E-state index contributed by atoms with van der Waals surface area (Å²) in [6.45, 7) is 29.4. The summed E-state index contributed by atoms with van der Waals surface area (Å²) in [6.07, 6.45) is -5.29. The molecule has 8 aliphatic rings. The summed E-state index contributed by atoms with van der Waals surface area (Å²) >= 11 is 0. The fraction of sp³-hybridized carbons (Fsp3) is 0.642. The summed E-state index contributed by atoms with van der Waals surface area (Å²) in [5, 5.41) is 96.1. The van der Waals surface area contributed by atoms with Crippen LogP contribution in [0.2, 0.25) is 0 Å². The first kappa shape index (κ1) is 84.1. The molecule has 0 aromatic carbocycles. The Morgan fingerprint density at radius 3 is 1.12 bits per heavy atom. The summed E-state index contributed by atoms with van der Waals surface area (Å²) in [5.74, 6) is 0. The molecule has 0 spiro atoms. The van der Waals surface area contributed by atoms with E-state index in [0.717, 1.165) is 0 Å². The zero-order valence-corrected chi connectivity index (χ0v) is 54.5. The molecule has 8 unspecified atom stereocenters. The van der Waals surface area contributed by atoms with Crippen LogP contribution in [-0.4, -0.2) is 270 Å². The van der Waals surface area contributed by atoms with Gasteiger partial charge in [-0.1, -0.05) is 68.3 Å². The van der Waals surface area contributed by atoms with Crippen molar-refractivity contribution in [3.8, 4) is 0 Å². The number of hydrogen-bond acceptors (Lipinski definition) is 30. The van der Waals surface area contributed by atoms with Gasteiger partial charge >= 0.3 is 121 Å². The first-order valence-corrected chi connectivity index (χ1v) is 25.8. The molecule has 480 valence electrons. The second-order valence-electron chi connectivity index (χ2n) is 17.7. The fourth-order valence-corrected chi connectivity index (χ4v) is 7.96. The number of ether oxygens (including phenoxy) is 18. The van der Waals surface area contributed by atoms with E-state index >= 15 is 0 Å². The van der Waals surface area contributed by atoms with E-state index in [9.17, 15) is 35.1 Å². The molecule has 0 amide bonds. The van der Waals surface area contributed by atoms with Crippen LogP contribution in [0, 0.1) is 0 Å². The summed E-state index contributed by atoms with van der Waals surface area (Å²) in [7, 11) is 0. The van der Waals surface area contributed by atoms with Gasteiger partial charge in [-0.15, -0.1) is 32.9 Å². The second kappa shape index (κ2) is 47.1. The van der Waals surface area contributed by atoms with Gasteiger partial charge in [0, 0.05) is 0 Å². The van der Waals surface area contributed by atoms with Crippen molar-refractivity contribution in [1.82, 2.24) is 0 Å². The van der Waals surface area contributed by atoms with E-state index in [4.69, 9.17) is 96.6 Å². The molecule has 8 aliphatic heterocycles. The average Bonchev–Trinajstić information content (AvgIpc) is 2.32. The molecule has 8 saturated heterocycles. The quantitative estimate of drug-likeness (QED) is 0.0172. The van der Waals surface area contributed by atoms with Gasteiger partial charge in [0.1, 0.15) is 106 Å². The zero-order valence-electron chi connectivity index (χ0n) is 48.3. The first-order valence-electron chi connectivity index (χ1n) is 25.8. The van der Waals surface area contributed by atoms with Crippen LogP contribution in [0.3, 0.4) is 0 Å². The molecule has 33 heteroatoms. The van der Waals surface area contributed by atoms with Crippen molar-refractivity contribution in [3.05, 3.63) is 101 Å². The summed E-state index contributed by atoms with van der Waals surface area (Å²) in [5.41, 5.74) is 0. The topological polar surface area (TPSA) is 435 Å². The van der Waals surface area contributed by atoms with Crippen LogP contribution in [0.25, 0.3) is 0 Å². The molecule has 0 bridgehead atoms. The van der Waals surface area contributed by atoms with E-state index in [1.807, 2.05) is 0 Å². The van der Waals surface area contributed by atoms with Crippen molar-refractivity contribution in [2.75, 3.05) is 106 Å². The van der Waals surface area contributed by atoms with Gasteiger partial charge in [0.05, 0.1) is 79.3 Å². The summed E-state index contributed by atoms with van der Waals surface area (Å²) in [6, 6.07) is 0. The normalized spacial score (nSPS) is 30.0. The maximum Gasteiger partial charge on any atom is 1.00 e. The van der Waals surface area contributed by atoms with Crippen molar-refractivity contribution < 1.29 is 253 Å². The minimum absolute atomic E-state index is 0. The van der Waals surface area contributed by atoms with Crippen LogP contribution in [0.15, 0.2) is 101 Å². The van der Waals surface area contributed by atoms with Gasteiger partial charge in [-0.3, -0.25) is 9.47 Å². The number of fused-ring (bicyclic) bond motifs is 4. The Morgan fingerprint density at radius 2 is 0.733 bits per heavy atom. The molecule has 0 aromatic heterocycles. The Bertz CT molecular complexity index is 1870. The Morgan fingerprint density at radius 1 is 0.442 bits per heavy atom. The maximum absolute atomic E-state index is 12.4. The number of hydrogen-bond donors (Lipinski definition) is 6. The number of aliphatic hydroxyl groups excluding tert-OH is 6. The standard InChI is InChI=1S/2C13H19O7.C10H14O6.C7H10O3.C6H10O4.C3H6O.CH2O3.2K/c2*1-3-5-18-13(15,19-6-4-2)20-10-8-17-11-9(14)7-16-12(10)11;1-2-3-13-10(12)16-7-5-15-8-6(11)4-14-9(7)8;1-3-5-9-7(8)10-6-4-2;7-3-1-9-6-4(8)2-10-5(3)6;1-2-3-4;2-1(3)4;;/h2*3-4,9-12,14H,1-2,5-8H2;2,6-9,11H,1,3-5H2;3-4H,1-2,5-6H2;3-8H,1-2H2;2,4H,1,3H2;(H2,2,3,4);;/q2*-1;;;;;;2*+1/p-1/t2*9?,10?,11-,12-;6?,7?,8-,9-;;3?,4?,5-,6-;;;;/m111.1..../s1. The van der Waals surface area contributed by atoms with Crippen LogP contribution < -0.4 is 123 Å². The van der Waals surface area contributed by atoms with Crippen LogP contribution >= 0.6 is 0 Å². The second-order valence-corrected chi connectivity index (χ2v) is 17.7. The van der Waals surface area contributed by atoms with Crippen LogP contribution in [-0.2, 0) is 80.5 Å². The molecule has 31 nitrogen and oxygen atoms in total. The molecule has 8 heterocycles. The molecule has 8 fully saturated rings. The third-order valence-electron chi connectivity index (χ3n) is 11.4. The molecular formula is C53H79K2O31-. The van der Waals surface area contributed by atoms with E-state index < -0.39 is 116 Å². The van der Waals surface area contributed by atoms with Crippen LogP contribution in [0.5, 0.6) is 0 Å². The number of carbonyl (C=O) groups excluding carboxylic acids is 3. The number of aliphatic hydroxyl groups is 8. The number of rotatable bonds is 24. The van der Waals surface area contributed by atoms with E-state index in [2.05, 4.69) is 71.6 Å². The van der Waals surface area contributed by atoms with E-state index in [-0.39, 0.29) is 221 Å². The molecule has 0 saturated carbocycles. The monoisotopic (exact) mass is 1290 g/mol. The van der Waals surface area contributed by atoms with Gasteiger partial charge in [-0.05, 0) is 6.16 Å². The Balaban J connectivity index is 0.00000103.